The lowest BCUT2D eigenvalue weighted by atomic mass is 9.87. The maximum Gasteiger partial charge on any atom is 0.225 e. The lowest BCUT2D eigenvalue weighted by Crippen LogP contribution is -2.10. The van der Waals surface area contributed by atoms with Crippen LogP contribution in [0.25, 0.3) is 10.2 Å². The SMILES string of the molecule is CCC(=O)Nc1nc2ccc(C(C)(C)C)cc2s1. The molecule has 0 aliphatic rings. The number of fused-ring (bicyclic) bond motifs is 1. The number of rotatable bonds is 2. The van der Waals surface area contributed by atoms with E-state index in [0.29, 0.717) is 11.6 Å². The van der Waals surface area contributed by atoms with Crippen LogP contribution in [0.3, 0.4) is 0 Å². The van der Waals surface area contributed by atoms with Gasteiger partial charge >= 0.3 is 0 Å². The number of hydrogen-bond acceptors (Lipinski definition) is 3. The van der Waals surface area contributed by atoms with Gasteiger partial charge in [-0.2, -0.15) is 0 Å². The molecule has 18 heavy (non-hydrogen) atoms. The van der Waals surface area contributed by atoms with Crippen LogP contribution in [-0.2, 0) is 10.2 Å². The zero-order chi connectivity index (χ0) is 13.3. The third-order valence-electron chi connectivity index (χ3n) is 2.82. The molecule has 0 saturated heterocycles. The van der Waals surface area contributed by atoms with Crippen molar-refractivity contribution in [2.45, 2.75) is 39.5 Å². The van der Waals surface area contributed by atoms with Gasteiger partial charge in [-0.25, -0.2) is 4.98 Å². The molecule has 96 valence electrons. The number of benzene rings is 1. The van der Waals surface area contributed by atoms with Crippen LogP contribution in [0.2, 0.25) is 0 Å². The minimum absolute atomic E-state index is 0.00472. The summed E-state index contributed by atoms with van der Waals surface area (Å²) in [6, 6.07) is 6.29. The fraction of sp³-hybridized carbons (Fsp3) is 0.429. The number of aromatic nitrogens is 1. The summed E-state index contributed by atoms with van der Waals surface area (Å²) in [6.45, 7) is 8.40. The molecule has 1 aromatic carbocycles. The standard InChI is InChI=1S/C14H18N2OS/c1-5-12(17)16-13-15-10-7-6-9(14(2,3)4)8-11(10)18-13/h6-8H,5H2,1-4H3,(H,15,16,17). The normalized spacial score (nSPS) is 11.8. The van der Waals surface area contributed by atoms with Crippen molar-refractivity contribution in [2.24, 2.45) is 0 Å². The molecule has 0 unspecified atom stereocenters. The van der Waals surface area contributed by atoms with Crippen LogP contribution < -0.4 is 5.32 Å². The Morgan fingerprint density at radius 1 is 1.39 bits per heavy atom. The topological polar surface area (TPSA) is 42.0 Å². The smallest absolute Gasteiger partial charge is 0.225 e. The second-order valence-electron chi connectivity index (χ2n) is 5.35. The summed E-state index contributed by atoms with van der Waals surface area (Å²) in [5.41, 5.74) is 2.36. The molecule has 1 aromatic heterocycles. The van der Waals surface area contributed by atoms with E-state index in [0.717, 1.165) is 10.2 Å². The van der Waals surface area contributed by atoms with Gasteiger partial charge in [0.05, 0.1) is 10.2 Å². The van der Waals surface area contributed by atoms with Crippen molar-refractivity contribution < 1.29 is 4.79 Å². The van der Waals surface area contributed by atoms with Gasteiger partial charge in [0.1, 0.15) is 0 Å². The van der Waals surface area contributed by atoms with Crippen molar-refractivity contribution in [3.05, 3.63) is 23.8 Å². The number of carbonyl (C=O) groups excluding carboxylic acids is 1. The molecule has 0 atom stereocenters. The zero-order valence-electron chi connectivity index (χ0n) is 11.2. The van der Waals surface area contributed by atoms with E-state index >= 15 is 0 Å². The molecule has 0 spiro atoms. The van der Waals surface area contributed by atoms with Gasteiger partial charge < -0.3 is 5.32 Å². The highest BCUT2D eigenvalue weighted by atomic mass is 32.1. The molecule has 0 fully saturated rings. The number of anilines is 1. The van der Waals surface area contributed by atoms with Crippen LogP contribution in [0.4, 0.5) is 5.13 Å². The van der Waals surface area contributed by atoms with Crippen molar-refractivity contribution >= 4 is 32.6 Å². The molecule has 1 N–H and O–H groups in total. The Hall–Kier alpha value is -1.42. The lowest BCUT2D eigenvalue weighted by molar-refractivity contribution is -0.115. The van der Waals surface area contributed by atoms with E-state index in [1.54, 1.807) is 0 Å². The summed E-state index contributed by atoms with van der Waals surface area (Å²) in [5.74, 6) is 0.00472. The first kappa shape index (κ1) is 13.0. The molecule has 0 radical (unpaired) electrons. The Labute approximate surface area is 111 Å². The van der Waals surface area contributed by atoms with E-state index < -0.39 is 0 Å². The van der Waals surface area contributed by atoms with Gasteiger partial charge in [-0.1, -0.05) is 45.1 Å². The fourth-order valence-corrected chi connectivity index (χ4v) is 2.57. The Bertz CT molecular complexity index is 581. The number of nitrogens with zero attached hydrogens (tertiary/aromatic N) is 1. The molecule has 2 rings (SSSR count). The molecule has 0 aliphatic heterocycles. The Morgan fingerprint density at radius 3 is 2.72 bits per heavy atom. The maximum atomic E-state index is 11.3. The minimum atomic E-state index is 0.00472. The monoisotopic (exact) mass is 262 g/mol. The van der Waals surface area contributed by atoms with E-state index in [1.165, 1.54) is 16.9 Å². The van der Waals surface area contributed by atoms with Crippen LogP contribution in [0.5, 0.6) is 0 Å². The lowest BCUT2D eigenvalue weighted by Gasteiger charge is -2.18. The van der Waals surface area contributed by atoms with Crippen LogP contribution in [0.1, 0.15) is 39.7 Å². The van der Waals surface area contributed by atoms with Crippen LogP contribution in [0, 0.1) is 0 Å². The van der Waals surface area contributed by atoms with Gasteiger partial charge in [0, 0.05) is 6.42 Å². The minimum Gasteiger partial charge on any atom is -0.302 e. The number of amides is 1. The molecule has 3 nitrogen and oxygen atoms in total. The van der Waals surface area contributed by atoms with Crippen molar-refractivity contribution in [2.75, 3.05) is 5.32 Å². The predicted molar refractivity (Wildman–Crippen MR) is 77.2 cm³/mol. The van der Waals surface area contributed by atoms with E-state index in [1.807, 2.05) is 13.0 Å². The van der Waals surface area contributed by atoms with E-state index in [4.69, 9.17) is 0 Å². The van der Waals surface area contributed by atoms with Crippen molar-refractivity contribution in [1.29, 1.82) is 0 Å². The first-order valence-electron chi connectivity index (χ1n) is 6.11. The number of nitrogens with one attached hydrogen (secondary N) is 1. The molecule has 0 bridgehead atoms. The predicted octanol–water partition coefficient (Wildman–Crippen LogP) is 3.94. The average Bonchev–Trinajstić information content (AvgIpc) is 2.68. The molecule has 0 saturated carbocycles. The highest BCUT2D eigenvalue weighted by Crippen LogP contribution is 2.31. The summed E-state index contributed by atoms with van der Waals surface area (Å²) < 4.78 is 1.12. The quantitative estimate of drug-likeness (QED) is 0.890. The molecular weight excluding hydrogens is 244 g/mol. The first-order valence-corrected chi connectivity index (χ1v) is 6.92. The van der Waals surface area contributed by atoms with Gasteiger partial charge in [-0.15, -0.1) is 0 Å². The number of hydrogen-bond donors (Lipinski definition) is 1. The molecule has 4 heteroatoms. The molecule has 1 heterocycles. The first-order chi connectivity index (χ1) is 8.40. The number of carbonyl (C=O) groups is 1. The Kier molecular flexibility index (Phi) is 3.39. The van der Waals surface area contributed by atoms with Crippen LogP contribution in [0.15, 0.2) is 18.2 Å². The summed E-state index contributed by atoms with van der Waals surface area (Å²) >= 11 is 1.53. The second kappa shape index (κ2) is 4.69. The van der Waals surface area contributed by atoms with Gasteiger partial charge in [0.25, 0.3) is 0 Å². The molecule has 1 amide bonds. The highest BCUT2D eigenvalue weighted by molar-refractivity contribution is 7.22. The van der Waals surface area contributed by atoms with Crippen LogP contribution in [-0.4, -0.2) is 10.9 Å². The molecular formula is C14H18N2OS. The van der Waals surface area contributed by atoms with Gasteiger partial charge in [-0.3, -0.25) is 4.79 Å². The molecule has 0 aliphatic carbocycles. The highest BCUT2D eigenvalue weighted by Gasteiger charge is 2.15. The van der Waals surface area contributed by atoms with Crippen molar-refractivity contribution in [3.8, 4) is 0 Å². The van der Waals surface area contributed by atoms with E-state index in [9.17, 15) is 4.79 Å². The average molecular weight is 262 g/mol. The van der Waals surface area contributed by atoms with Crippen molar-refractivity contribution in [1.82, 2.24) is 4.98 Å². The summed E-state index contributed by atoms with van der Waals surface area (Å²) in [7, 11) is 0. The van der Waals surface area contributed by atoms with Crippen LogP contribution >= 0.6 is 11.3 Å². The largest absolute Gasteiger partial charge is 0.302 e. The Morgan fingerprint density at radius 2 is 2.11 bits per heavy atom. The van der Waals surface area contributed by atoms with Crippen molar-refractivity contribution in [3.63, 3.8) is 0 Å². The summed E-state index contributed by atoms with van der Waals surface area (Å²) in [4.78, 5) is 15.8. The second-order valence-corrected chi connectivity index (χ2v) is 6.38. The fourth-order valence-electron chi connectivity index (χ4n) is 1.65. The van der Waals surface area contributed by atoms with Gasteiger partial charge in [-0.05, 0) is 23.1 Å². The van der Waals surface area contributed by atoms with Gasteiger partial charge in [0.15, 0.2) is 5.13 Å². The van der Waals surface area contributed by atoms with E-state index in [2.05, 4.69) is 43.2 Å². The third kappa shape index (κ3) is 2.70. The number of thiazole rings is 1. The van der Waals surface area contributed by atoms with Gasteiger partial charge in [0.2, 0.25) is 5.91 Å². The summed E-state index contributed by atoms with van der Waals surface area (Å²) in [5, 5.41) is 3.49. The maximum absolute atomic E-state index is 11.3. The van der Waals surface area contributed by atoms with E-state index in [-0.39, 0.29) is 11.3 Å². The Balaban J connectivity index is 2.37. The zero-order valence-corrected chi connectivity index (χ0v) is 12.0. The molecule has 2 aromatic rings. The third-order valence-corrected chi connectivity index (χ3v) is 3.76. The summed E-state index contributed by atoms with van der Waals surface area (Å²) in [6.07, 6.45) is 0.475.